The topological polar surface area (TPSA) is 99.0 Å². The Balaban J connectivity index is 1.66. The highest BCUT2D eigenvalue weighted by atomic mass is 32.2. The number of aromatic nitrogens is 4. The van der Waals surface area contributed by atoms with E-state index in [1.807, 2.05) is 4.72 Å². The summed E-state index contributed by atoms with van der Waals surface area (Å²) in [6.45, 7) is 1.38. The summed E-state index contributed by atoms with van der Waals surface area (Å²) in [7, 11) is -2.96. The standard InChI is InChI=1S/C20H19F4N5O3S/c1-19(10-20(23,24)9-12(19)13-5-8-27-29(13)2)32-14-3-4-15(18(22)17(14)21)33(30,31)28-16-6-7-25-11-26-16/h3-8,11-12H,9-10H2,1-2H3,(H,25,26,28)/t12-,19-/m1/s1. The lowest BCUT2D eigenvalue weighted by Gasteiger charge is -2.32. The fourth-order valence-electron chi connectivity index (χ4n) is 4.07. The van der Waals surface area contributed by atoms with Gasteiger partial charge in [0.15, 0.2) is 11.6 Å². The molecule has 0 aliphatic heterocycles. The zero-order valence-corrected chi connectivity index (χ0v) is 18.3. The lowest BCUT2D eigenvalue weighted by atomic mass is 9.89. The van der Waals surface area contributed by atoms with Gasteiger partial charge in [0, 0.05) is 37.5 Å². The second-order valence-corrected chi connectivity index (χ2v) is 9.62. The molecule has 0 amide bonds. The summed E-state index contributed by atoms with van der Waals surface area (Å²) >= 11 is 0. The molecule has 4 rings (SSSR count). The molecule has 176 valence electrons. The van der Waals surface area contributed by atoms with Crippen LogP contribution in [-0.4, -0.2) is 39.7 Å². The highest BCUT2D eigenvalue weighted by molar-refractivity contribution is 7.92. The predicted octanol–water partition coefficient (Wildman–Crippen LogP) is 3.64. The minimum absolute atomic E-state index is 0.148. The average molecular weight is 485 g/mol. The average Bonchev–Trinajstić information content (AvgIpc) is 3.24. The molecule has 1 N–H and O–H groups in total. The maximum atomic E-state index is 14.9. The van der Waals surface area contributed by atoms with Crippen LogP contribution in [0.5, 0.6) is 5.75 Å². The Kier molecular flexibility index (Phi) is 5.55. The van der Waals surface area contributed by atoms with Gasteiger partial charge in [0.1, 0.15) is 22.6 Å². The van der Waals surface area contributed by atoms with Crippen LogP contribution in [0.4, 0.5) is 23.4 Å². The van der Waals surface area contributed by atoms with Crippen molar-refractivity contribution in [3.8, 4) is 5.75 Å². The first kappa shape index (κ1) is 23.0. The number of nitrogens with zero attached hydrogens (tertiary/aromatic N) is 4. The first-order chi connectivity index (χ1) is 15.4. The zero-order chi connectivity index (χ0) is 24.0. The minimum atomic E-state index is -4.54. The van der Waals surface area contributed by atoms with Crippen molar-refractivity contribution in [3.05, 3.63) is 60.3 Å². The molecule has 1 saturated carbocycles. The maximum absolute atomic E-state index is 14.9. The summed E-state index contributed by atoms with van der Waals surface area (Å²) in [5, 5.41) is 3.99. The van der Waals surface area contributed by atoms with Gasteiger partial charge in [0.2, 0.25) is 5.82 Å². The molecule has 2 heterocycles. The molecule has 1 fully saturated rings. The Morgan fingerprint density at radius 3 is 2.55 bits per heavy atom. The summed E-state index contributed by atoms with van der Waals surface area (Å²) in [6.07, 6.45) is 2.46. The second kappa shape index (κ2) is 7.97. The van der Waals surface area contributed by atoms with Gasteiger partial charge in [-0.05, 0) is 31.2 Å². The Morgan fingerprint density at radius 1 is 1.15 bits per heavy atom. The maximum Gasteiger partial charge on any atom is 0.266 e. The van der Waals surface area contributed by atoms with Crippen molar-refractivity contribution in [3.63, 3.8) is 0 Å². The number of benzene rings is 1. The quantitative estimate of drug-likeness (QED) is 0.536. The molecule has 0 saturated heterocycles. The number of ether oxygens (including phenoxy) is 1. The zero-order valence-electron chi connectivity index (χ0n) is 17.5. The van der Waals surface area contributed by atoms with E-state index in [0.717, 1.165) is 18.5 Å². The Morgan fingerprint density at radius 2 is 1.91 bits per heavy atom. The van der Waals surface area contributed by atoms with Crippen LogP contribution < -0.4 is 9.46 Å². The van der Waals surface area contributed by atoms with E-state index in [0.29, 0.717) is 5.69 Å². The third kappa shape index (κ3) is 4.36. The van der Waals surface area contributed by atoms with Crippen molar-refractivity contribution in [1.29, 1.82) is 0 Å². The van der Waals surface area contributed by atoms with Gasteiger partial charge >= 0.3 is 0 Å². The minimum Gasteiger partial charge on any atom is -0.483 e. The molecule has 2 aromatic heterocycles. The van der Waals surface area contributed by atoms with E-state index in [-0.39, 0.29) is 5.82 Å². The summed E-state index contributed by atoms with van der Waals surface area (Å²) in [4.78, 5) is 6.31. The van der Waals surface area contributed by atoms with Gasteiger partial charge in [0.05, 0.1) is 6.42 Å². The molecular formula is C20H19F4N5O3S. The lowest BCUT2D eigenvalue weighted by Crippen LogP contribution is -2.37. The van der Waals surface area contributed by atoms with Gasteiger partial charge in [-0.2, -0.15) is 9.49 Å². The molecule has 13 heteroatoms. The van der Waals surface area contributed by atoms with Crippen LogP contribution in [0.3, 0.4) is 0 Å². The van der Waals surface area contributed by atoms with Crippen molar-refractivity contribution >= 4 is 15.8 Å². The highest BCUT2D eigenvalue weighted by Gasteiger charge is 2.57. The Bertz CT molecular complexity index is 1290. The van der Waals surface area contributed by atoms with E-state index in [1.165, 1.54) is 30.1 Å². The summed E-state index contributed by atoms with van der Waals surface area (Å²) in [5.41, 5.74) is -1.16. The van der Waals surface area contributed by atoms with Crippen molar-refractivity contribution in [1.82, 2.24) is 19.7 Å². The van der Waals surface area contributed by atoms with Crippen molar-refractivity contribution in [2.75, 3.05) is 4.72 Å². The van der Waals surface area contributed by atoms with Gasteiger partial charge in [-0.25, -0.2) is 31.6 Å². The van der Waals surface area contributed by atoms with Crippen LogP contribution in [0, 0.1) is 11.6 Å². The smallest absolute Gasteiger partial charge is 0.266 e. The number of hydrogen-bond donors (Lipinski definition) is 1. The highest BCUT2D eigenvalue weighted by Crippen LogP contribution is 2.52. The van der Waals surface area contributed by atoms with Crippen molar-refractivity contribution in [2.45, 2.75) is 42.1 Å². The van der Waals surface area contributed by atoms with Crippen LogP contribution >= 0.6 is 0 Å². The number of alkyl halides is 2. The Hall–Kier alpha value is -3.22. The SMILES string of the molecule is Cn1nccc1[C@H]1CC(F)(F)C[C@@]1(C)Oc1ccc(S(=O)(=O)Nc2ccncn2)c(F)c1F. The Labute approximate surface area is 186 Å². The molecule has 33 heavy (non-hydrogen) atoms. The lowest BCUT2D eigenvalue weighted by molar-refractivity contribution is -0.0198. The van der Waals surface area contributed by atoms with E-state index in [2.05, 4.69) is 15.1 Å². The molecule has 0 bridgehead atoms. The van der Waals surface area contributed by atoms with E-state index in [4.69, 9.17) is 4.74 Å². The van der Waals surface area contributed by atoms with E-state index in [1.54, 1.807) is 13.1 Å². The summed E-state index contributed by atoms with van der Waals surface area (Å²) < 4.78 is 92.4. The molecule has 3 aromatic rings. The fraction of sp³-hybridized carbons (Fsp3) is 0.350. The number of rotatable bonds is 6. The van der Waals surface area contributed by atoms with Crippen LogP contribution in [0.25, 0.3) is 0 Å². The van der Waals surface area contributed by atoms with Crippen molar-refractivity contribution in [2.24, 2.45) is 7.05 Å². The largest absolute Gasteiger partial charge is 0.483 e. The number of nitrogens with one attached hydrogen (secondary N) is 1. The fourth-order valence-corrected chi connectivity index (χ4v) is 5.15. The van der Waals surface area contributed by atoms with E-state index < -0.39 is 62.6 Å². The van der Waals surface area contributed by atoms with Crippen LogP contribution in [0.15, 0.2) is 47.9 Å². The molecule has 1 aliphatic carbocycles. The van der Waals surface area contributed by atoms with E-state index >= 15 is 0 Å². The number of sulfonamides is 1. The first-order valence-electron chi connectivity index (χ1n) is 9.73. The number of anilines is 1. The van der Waals surface area contributed by atoms with Gasteiger partial charge in [-0.1, -0.05) is 0 Å². The predicted molar refractivity (Wildman–Crippen MR) is 108 cm³/mol. The molecule has 8 nitrogen and oxygen atoms in total. The first-order valence-corrected chi connectivity index (χ1v) is 11.2. The van der Waals surface area contributed by atoms with Gasteiger partial charge < -0.3 is 4.74 Å². The van der Waals surface area contributed by atoms with Gasteiger partial charge in [-0.3, -0.25) is 9.40 Å². The molecule has 0 unspecified atom stereocenters. The number of hydrogen-bond acceptors (Lipinski definition) is 6. The molecule has 0 radical (unpaired) electrons. The monoisotopic (exact) mass is 485 g/mol. The normalized spacial score (nSPS) is 22.3. The molecule has 0 spiro atoms. The van der Waals surface area contributed by atoms with Crippen LogP contribution in [0.2, 0.25) is 0 Å². The van der Waals surface area contributed by atoms with Gasteiger partial charge in [0.25, 0.3) is 15.9 Å². The number of aryl methyl sites for hydroxylation is 1. The molecule has 2 atom stereocenters. The second-order valence-electron chi connectivity index (χ2n) is 7.97. The molecule has 1 aliphatic rings. The van der Waals surface area contributed by atoms with E-state index in [9.17, 15) is 26.0 Å². The molecule has 1 aromatic carbocycles. The van der Waals surface area contributed by atoms with Gasteiger partial charge in [-0.15, -0.1) is 0 Å². The van der Waals surface area contributed by atoms with Crippen LogP contribution in [0.1, 0.15) is 31.4 Å². The molecular weight excluding hydrogens is 466 g/mol. The number of halogens is 4. The van der Waals surface area contributed by atoms with Crippen molar-refractivity contribution < 1.29 is 30.7 Å². The van der Waals surface area contributed by atoms with Crippen LogP contribution in [-0.2, 0) is 17.1 Å². The third-order valence-electron chi connectivity index (χ3n) is 5.53. The third-order valence-corrected chi connectivity index (χ3v) is 6.90. The summed E-state index contributed by atoms with van der Waals surface area (Å²) in [5.74, 6) is -8.13. The summed E-state index contributed by atoms with van der Waals surface area (Å²) in [6, 6.07) is 4.48.